The molecule has 2 heterocycles. The number of carboxylic acids is 1. The Balaban J connectivity index is 1.82. The minimum absolute atomic E-state index is 0.0876. The zero-order valence-corrected chi connectivity index (χ0v) is 12.1. The highest BCUT2D eigenvalue weighted by Crippen LogP contribution is 2.23. The number of hydrogen-bond acceptors (Lipinski definition) is 3. The number of likely N-dealkylation sites (tertiary alicyclic amines) is 2. The average molecular weight is 284 g/mol. The van der Waals surface area contributed by atoms with Gasteiger partial charge in [0.2, 0.25) is 0 Å². The summed E-state index contributed by atoms with van der Waals surface area (Å²) in [5, 5.41) is 8.75. The first-order valence-electron chi connectivity index (χ1n) is 7.38. The lowest BCUT2D eigenvalue weighted by molar-refractivity contribution is -0.137. The Labute approximate surface area is 119 Å². The van der Waals surface area contributed by atoms with Gasteiger partial charge in [-0.15, -0.1) is 0 Å². The lowest BCUT2D eigenvalue weighted by Gasteiger charge is -2.35. The lowest BCUT2D eigenvalue weighted by Crippen LogP contribution is -2.47. The Bertz CT molecular complexity index is 361. The predicted octanol–water partition coefficient (Wildman–Crippen LogP) is 1.40. The van der Waals surface area contributed by atoms with Crippen molar-refractivity contribution < 1.29 is 19.4 Å². The van der Waals surface area contributed by atoms with Gasteiger partial charge in [-0.3, -0.25) is 4.79 Å². The standard InChI is InChI=1S/C14H24N2O4/c1-20-12-6-8-16(10-12)14(19)15-7-2-3-11(9-15)4-5-13(17)18/h11-12H,2-10H2,1H3,(H,17,18). The minimum Gasteiger partial charge on any atom is -0.481 e. The first kappa shape index (κ1) is 15.1. The van der Waals surface area contributed by atoms with Crippen LogP contribution >= 0.6 is 0 Å². The van der Waals surface area contributed by atoms with Crippen molar-refractivity contribution in [3.8, 4) is 0 Å². The molecule has 1 N–H and O–H groups in total. The van der Waals surface area contributed by atoms with Gasteiger partial charge in [0.05, 0.1) is 6.10 Å². The first-order valence-corrected chi connectivity index (χ1v) is 7.38. The lowest BCUT2D eigenvalue weighted by atomic mass is 9.93. The topological polar surface area (TPSA) is 70.1 Å². The highest BCUT2D eigenvalue weighted by Gasteiger charge is 2.31. The summed E-state index contributed by atoms with van der Waals surface area (Å²) in [4.78, 5) is 26.8. The van der Waals surface area contributed by atoms with Crippen molar-refractivity contribution in [2.75, 3.05) is 33.3 Å². The zero-order valence-electron chi connectivity index (χ0n) is 12.1. The highest BCUT2D eigenvalue weighted by molar-refractivity contribution is 5.75. The number of amides is 2. The van der Waals surface area contributed by atoms with Gasteiger partial charge in [0.25, 0.3) is 0 Å². The van der Waals surface area contributed by atoms with Gasteiger partial charge in [-0.1, -0.05) is 0 Å². The molecule has 2 atom stereocenters. The summed E-state index contributed by atoms with van der Waals surface area (Å²) < 4.78 is 5.29. The molecule has 2 unspecified atom stereocenters. The van der Waals surface area contributed by atoms with Crippen molar-refractivity contribution in [3.63, 3.8) is 0 Å². The molecule has 114 valence electrons. The molecule has 2 fully saturated rings. The van der Waals surface area contributed by atoms with Crippen LogP contribution in [0.5, 0.6) is 0 Å². The molecule has 2 saturated heterocycles. The Kier molecular flexibility index (Phi) is 5.23. The van der Waals surface area contributed by atoms with E-state index in [0.717, 1.165) is 32.4 Å². The monoisotopic (exact) mass is 284 g/mol. The van der Waals surface area contributed by atoms with Crippen LogP contribution < -0.4 is 0 Å². The third kappa shape index (κ3) is 3.85. The van der Waals surface area contributed by atoms with Crippen molar-refractivity contribution in [2.24, 2.45) is 5.92 Å². The van der Waals surface area contributed by atoms with E-state index in [4.69, 9.17) is 9.84 Å². The van der Waals surface area contributed by atoms with Gasteiger partial charge in [0, 0.05) is 39.7 Å². The van der Waals surface area contributed by atoms with Crippen LogP contribution in [0.4, 0.5) is 4.79 Å². The number of ether oxygens (including phenoxy) is 1. The average Bonchev–Trinajstić information content (AvgIpc) is 2.93. The molecule has 2 aliphatic rings. The van der Waals surface area contributed by atoms with E-state index < -0.39 is 5.97 Å². The maximum atomic E-state index is 12.4. The summed E-state index contributed by atoms with van der Waals surface area (Å²) in [6.07, 6.45) is 3.92. The van der Waals surface area contributed by atoms with E-state index in [2.05, 4.69) is 0 Å². The number of urea groups is 1. The second kappa shape index (κ2) is 6.92. The molecular weight excluding hydrogens is 260 g/mol. The fourth-order valence-electron chi connectivity index (χ4n) is 3.10. The van der Waals surface area contributed by atoms with E-state index in [1.807, 2.05) is 9.80 Å². The SMILES string of the molecule is COC1CCN(C(=O)N2CCCC(CCC(=O)O)C2)C1. The second-order valence-electron chi connectivity index (χ2n) is 5.76. The van der Waals surface area contributed by atoms with Gasteiger partial charge in [0.1, 0.15) is 0 Å². The number of piperidine rings is 1. The highest BCUT2D eigenvalue weighted by atomic mass is 16.5. The van der Waals surface area contributed by atoms with Crippen LogP contribution in [0.3, 0.4) is 0 Å². The summed E-state index contributed by atoms with van der Waals surface area (Å²) >= 11 is 0. The van der Waals surface area contributed by atoms with Gasteiger partial charge in [0.15, 0.2) is 0 Å². The maximum absolute atomic E-state index is 12.4. The Morgan fingerprint density at radius 2 is 1.95 bits per heavy atom. The van der Waals surface area contributed by atoms with Crippen LogP contribution in [0.15, 0.2) is 0 Å². The molecule has 0 radical (unpaired) electrons. The number of carbonyl (C=O) groups is 2. The summed E-state index contributed by atoms with van der Waals surface area (Å²) in [5.74, 6) is -0.430. The van der Waals surface area contributed by atoms with Gasteiger partial charge >= 0.3 is 12.0 Å². The molecule has 0 saturated carbocycles. The second-order valence-corrected chi connectivity index (χ2v) is 5.76. The number of aliphatic carboxylic acids is 1. The molecule has 0 bridgehead atoms. The van der Waals surface area contributed by atoms with Gasteiger partial charge in [-0.25, -0.2) is 4.79 Å². The molecule has 0 spiro atoms. The molecule has 6 nitrogen and oxygen atoms in total. The minimum atomic E-state index is -0.754. The Hall–Kier alpha value is -1.30. The summed E-state index contributed by atoms with van der Waals surface area (Å²) in [5.41, 5.74) is 0. The predicted molar refractivity (Wildman–Crippen MR) is 73.5 cm³/mol. The maximum Gasteiger partial charge on any atom is 0.320 e. The number of methoxy groups -OCH3 is 1. The van der Waals surface area contributed by atoms with E-state index in [-0.39, 0.29) is 18.6 Å². The largest absolute Gasteiger partial charge is 0.481 e. The van der Waals surface area contributed by atoms with Crippen LogP contribution in [-0.2, 0) is 9.53 Å². The normalized spacial score (nSPS) is 26.9. The molecule has 2 rings (SSSR count). The van der Waals surface area contributed by atoms with Gasteiger partial charge in [-0.05, 0) is 31.6 Å². The molecule has 20 heavy (non-hydrogen) atoms. The molecular formula is C14H24N2O4. The number of hydrogen-bond donors (Lipinski definition) is 1. The van der Waals surface area contributed by atoms with Crippen molar-refractivity contribution in [1.29, 1.82) is 0 Å². The summed E-state index contributed by atoms with van der Waals surface area (Å²) in [6, 6.07) is 0.0876. The fourth-order valence-corrected chi connectivity index (χ4v) is 3.10. The Morgan fingerprint density at radius 3 is 2.60 bits per heavy atom. The molecule has 0 aromatic heterocycles. The summed E-state index contributed by atoms with van der Waals surface area (Å²) in [7, 11) is 1.68. The van der Waals surface area contributed by atoms with Crippen molar-refractivity contribution in [1.82, 2.24) is 9.80 Å². The van der Waals surface area contributed by atoms with Gasteiger partial charge < -0.3 is 19.6 Å². The van der Waals surface area contributed by atoms with Crippen molar-refractivity contribution in [3.05, 3.63) is 0 Å². The molecule has 0 aliphatic carbocycles. The van der Waals surface area contributed by atoms with Crippen LogP contribution in [0.25, 0.3) is 0 Å². The van der Waals surface area contributed by atoms with Gasteiger partial charge in [-0.2, -0.15) is 0 Å². The Morgan fingerprint density at radius 1 is 1.20 bits per heavy atom. The molecule has 2 amide bonds. The third-order valence-electron chi connectivity index (χ3n) is 4.30. The van der Waals surface area contributed by atoms with Crippen LogP contribution in [0.1, 0.15) is 32.1 Å². The van der Waals surface area contributed by atoms with Crippen LogP contribution in [0, 0.1) is 5.92 Å². The first-order chi connectivity index (χ1) is 9.60. The number of nitrogens with zero attached hydrogens (tertiary/aromatic N) is 2. The smallest absolute Gasteiger partial charge is 0.320 e. The van der Waals surface area contributed by atoms with E-state index in [0.29, 0.717) is 25.4 Å². The van der Waals surface area contributed by atoms with Crippen LogP contribution in [0.2, 0.25) is 0 Å². The number of rotatable bonds is 4. The third-order valence-corrected chi connectivity index (χ3v) is 4.30. The van der Waals surface area contributed by atoms with Crippen molar-refractivity contribution >= 4 is 12.0 Å². The molecule has 6 heteroatoms. The zero-order chi connectivity index (χ0) is 14.5. The van der Waals surface area contributed by atoms with Crippen molar-refractivity contribution in [2.45, 2.75) is 38.2 Å². The van der Waals surface area contributed by atoms with E-state index >= 15 is 0 Å². The number of carboxylic acid groups (broad SMARTS) is 1. The van der Waals surface area contributed by atoms with E-state index in [1.54, 1.807) is 7.11 Å². The van der Waals surface area contributed by atoms with E-state index in [9.17, 15) is 9.59 Å². The fraction of sp³-hybridized carbons (Fsp3) is 0.857. The number of carbonyl (C=O) groups excluding carboxylic acids is 1. The molecule has 0 aromatic carbocycles. The quantitative estimate of drug-likeness (QED) is 0.847. The summed E-state index contributed by atoms with van der Waals surface area (Å²) in [6.45, 7) is 2.91. The van der Waals surface area contributed by atoms with E-state index in [1.165, 1.54) is 0 Å². The molecule has 0 aromatic rings. The molecule has 2 aliphatic heterocycles. The van der Waals surface area contributed by atoms with Crippen LogP contribution in [-0.4, -0.2) is 66.3 Å².